The lowest BCUT2D eigenvalue weighted by molar-refractivity contribution is -0.135. The zero-order chi connectivity index (χ0) is 42.3. The number of carbonyl (C=O) groups excluding carboxylic acids is 9. The fraction of sp³-hybridized carbons (Fsp3) is 0.289. The molecule has 3 aromatic rings. The molecule has 0 radical (unpaired) electrons. The van der Waals surface area contributed by atoms with Crippen LogP contribution in [0.3, 0.4) is 0 Å². The van der Waals surface area contributed by atoms with E-state index in [1.807, 2.05) is 0 Å². The van der Waals surface area contributed by atoms with E-state index in [-0.39, 0.29) is 34.8 Å². The van der Waals surface area contributed by atoms with Gasteiger partial charge in [0, 0.05) is 85.1 Å². The number of rotatable bonds is 11. The van der Waals surface area contributed by atoms with Gasteiger partial charge in [-0.25, -0.2) is 4.79 Å². The smallest absolute Gasteiger partial charge is 0.338 e. The van der Waals surface area contributed by atoms with Crippen molar-refractivity contribution < 1.29 is 90.5 Å². The van der Waals surface area contributed by atoms with Gasteiger partial charge >= 0.3 is 53.7 Å². The number of ether oxygens (including phenoxy) is 10. The molecule has 0 aliphatic carbocycles. The van der Waals surface area contributed by atoms with Crippen molar-refractivity contribution in [2.45, 2.75) is 74.0 Å². The number of fused-ring (bicyclic) bond motifs is 1. The van der Waals surface area contributed by atoms with Gasteiger partial charge in [-0.15, -0.1) is 0 Å². The van der Waals surface area contributed by atoms with Gasteiger partial charge in [0.25, 0.3) is 0 Å². The molecule has 4 rings (SSSR count). The van der Waals surface area contributed by atoms with E-state index in [1.54, 1.807) is 0 Å². The summed E-state index contributed by atoms with van der Waals surface area (Å²) in [5, 5.41) is 0. The van der Waals surface area contributed by atoms with Crippen molar-refractivity contribution in [3.05, 3.63) is 53.1 Å². The fourth-order valence-electron chi connectivity index (χ4n) is 5.35. The van der Waals surface area contributed by atoms with Crippen LogP contribution in [0.5, 0.6) is 51.7 Å². The Morgan fingerprint density at radius 2 is 0.860 bits per heavy atom. The average molecular weight is 795 g/mol. The molecule has 0 N–H and O–H groups in total. The molecule has 2 atom stereocenters. The van der Waals surface area contributed by atoms with Crippen LogP contribution in [0.4, 0.5) is 0 Å². The fourth-order valence-corrected chi connectivity index (χ4v) is 5.35. The van der Waals surface area contributed by atoms with Crippen molar-refractivity contribution in [2.24, 2.45) is 0 Å². The van der Waals surface area contributed by atoms with E-state index in [2.05, 4.69) is 0 Å². The highest BCUT2D eigenvalue weighted by atomic mass is 16.6. The molecule has 0 saturated heterocycles. The Morgan fingerprint density at radius 1 is 0.474 bits per heavy atom. The number of benzene rings is 3. The van der Waals surface area contributed by atoms with Gasteiger partial charge in [0.15, 0.2) is 29.1 Å². The average Bonchev–Trinajstić information content (AvgIpc) is 3.05. The molecular weight excluding hydrogens is 760 g/mol. The normalized spacial score (nSPS) is 14.0. The van der Waals surface area contributed by atoms with E-state index in [0.29, 0.717) is 0 Å². The Labute approximate surface area is 322 Å². The maximum absolute atomic E-state index is 14.0. The standard InChI is InChI=1S/C38H34O19/c1-16(39)48-26-13-28(49-17(2)40)27-15-34(57-38(47)25-11-32(52-20(5)43)37(55-23(8)46)33(12-25)53-21(6)44)35(56-29(27)14-26)24-9-30(50-18(3)41)36(54-22(7)45)31(10-24)51-19(4)42/h9-14,34-35H,15H2,1-8H3. The third-order valence-electron chi connectivity index (χ3n) is 7.05. The second kappa shape index (κ2) is 17.9. The van der Waals surface area contributed by atoms with Gasteiger partial charge in [-0.05, 0) is 24.3 Å². The Morgan fingerprint density at radius 3 is 1.26 bits per heavy atom. The molecule has 1 aliphatic heterocycles. The quantitative estimate of drug-likeness (QED) is 0.197. The first-order chi connectivity index (χ1) is 26.7. The molecule has 0 bridgehead atoms. The minimum absolute atomic E-state index is 0.0137. The van der Waals surface area contributed by atoms with Crippen LogP contribution in [0.15, 0.2) is 36.4 Å². The predicted molar refractivity (Wildman–Crippen MR) is 186 cm³/mol. The first-order valence-corrected chi connectivity index (χ1v) is 16.6. The van der Waals surface area contributed by atoms with Gasteiger partial charge in [-0.1, -0.05) is 0 Å². The largest absolute Gasteiger partial charge is 0.481 e. The highest BCUT2D eigenvalue weighted by Gasteiger charge is 2.39. The summed E-state index contributed by atoms with van der Waals surface area (Å²) >= 11 is 0. The molecule has 3 aromatic carbocycles. The van der Waals surface area contributed by atoms with Crippen LogP contribution in [0.2, 0.25) is 0 Å². The maximum Gasteiger partial charge on any atom is 0.338 e. The summed E-state index contributed by atoms with van der Waals surface area (Å²) < 4.78 is 54.2. The van der Waals surface area contributed by atoms with E-state index in [4.69, 9.17) is 47.4 Å². The van der Waals surface area contributed by atoms with E-state index in [0.717, 1.165) is 67.5 Å². The summed E-state index contributed by atoms with van der Waals surface area (Å²) in [6, 6.07) is 6.81. The first kappa shape index (κ1) is 42.4. The molecular formula is C38H34O19. The topological polar surface area (TPSA) is 246 Å². The molecule has 1 aliphatic rings. The maximum atomic E-state index is 14.0. The van der Waals surface area contributed by atoms with Gasteiger partial charge in [0.05, 0.1) is 5.56 Å². The number of hydrogen-bond donors (Lipinski definition) is 0. The van der Waals surface area contributed by atoms with Crippen LogP contribution in [-0.2, 0) is 49.5 Å². The van der Waals surface area contributed by atoms with Crippen LogP contribution in [0, 0.1) is 0 Å². The molecule has 0 spiro atoms. The molecule has 0 saturated carbocycles. The van der Waals surface area contributed by atoms with Crippen molar-refractivity contribution in [3.63, 3.8) is 0 Å². The van der Waals surface area contributed by atoms with Crippen molar-refractivity contribution in [1.82, 2.24) is 0 Å². The predicted octanol–water partition coefficient (Wildman–Crippen LogP) is 3.99. The Kier molecular flexibility index (Phi) is 13.3. The summed E-state index contributed by atoms with van der Waals surface area (Å²) in [6.45, 7) is 8.42. The second-order valence-electron chi connectivity index (χ2n) is 12.0. The van der Waals surface area contributed by atoms with Gasteiger partial charge in [-0.2, -0.15) is 0 Å². The van der Waals surface area contributed by atoms with E-state index in [1.165, 1.54) is 24.3 Å². The summed E-state index contributed by atoms with van der Waals surface area (Å²) in [4.78, 5) is 110. The van der Waals surface area contributed by atoms with Gasteiger partial charge < -0.3 is 47.4 Å². The lowest BCUT2D eigenvalue weighted by Gasteiger charge is -2.34. The van der Waals surface area contributed by atoms with Gasteiger partial charge in [-0.3, -0.25) is 38.4 Å². The molecule has 19 nitrogen and oxygen atoms in total. The summed E-state index contributed by atoms with van der Waals surface area (Å²) in [5.74, 6) is -11.1. The van der Waals surface area contributed by atoms with E-state index >= 15 is 0 Å². The summed E-state index contributed by atoms with van der Waals surface area (Å²) in [5.41, 5.74) is -0.279. The van der Waals surface area contributed by atoms with Crippen LogP contribution in [0.25, 0.3) is 0 Å². The van der Waals surface area contributed by atoms with Crippen LogP contribution < -0.4 is 42.6 Å². The zero-order valence-corrected chi connectivity index (χ0v) is 31.6. The van der Waals surface area contributed by atoms with Crippen LogP contribution in [0.1, 0.15) is 83.0 Å². The Balaban J connectivity index is 1.97. The summed E-state index contributed by atoms with van der Waals surface area (Å²) in [7, 11) is 0. The van der Waals surface area contributed by atoms with Crippen molar-refractivity contribution in [2.75, 3.05) is 0 Å². The molecule has 1 heterocycles. The van der Waals surface area contributed by atoms with Crippen molar-refractivity contribution >= 4 is 53.7 Å². The monoisotopic (exact) mass is 794 g/mol. The molecule has 0 aromatic heterocycles. The number of carbonyl (C=O) groups is 9. The summed E-state index contributed by atoms with van der Waals surface area (Å²) in [6.07, 6.45) is -3.21. The second-order valence-corrected chi connectivity index (χ2v) is 12.0. The van der Waals surface area contributed by atoms with Gasteiger partial charge in [0.2, 0.25) is 11.5 Å². The molecule has 0 fully saturated rings. The highest BCUT2D eigenvalue weighted by Crippen LogP contribution is 2.48. The molecule has 0 amide bonds. The third-order valence-corrected chi connectivity index (χ3v) is 7.05. The van der Waals surface area contributed by atoms with Crippen molar-refractivity contribution in [1.29, 1.82) is 0 Å². The SMILES string of the molecule is CC(=O)Oc1cc(OC(C)=O)c2c(c1)OC(c1cc(OC(C)=O)c(OC(C)=O)c(OC(C)=O)c1)C(OC(=O)c1cc(OC(C)=O)c(OC(C)=O)c(OC(C)=O)c1)C2. The third kappa shape index (κ3) is 11.4. The Bertz CT molecular complexity index is 2130. The Hall–Kier alpha value is -7.31. The molecule has 300 valence electrons. The van der Waals surface area contributed by atoms with E-state index in [9.17, 15) is 43.2 Å². The highest BCUT2D eigenvalue weighted by molar-refractivity contribution is 5.93. The number of esters is 9. The molecule has 2 unspecified atom stereocenters. The zero-order valence-electron chi connectivity index (χ0n) is 31.6. The first-order valence-electron chi connectivity index (χ1n) is 16.6. The minimum atomic E-state index is -1.45. The van der Waals surface area contributed by atoms with Crippen molar-refractivity contribution in [3.8, 4) is 51.7 Å². The van der Waals surface area contributed by atoms with Crippen LogP contribution >= 0.6 is 0 Å². The van der Waals surface area contributed by atoms with Crippen LogP contribution in [-0.4, -0.2) is 59.8 Å². The van der Waals surface area contributed by atoms with Gasteiger partial charge in [0.1, 0.15) is 23.4 Å². The lowest BCUT2D eigenvalue weighted by atomic mass is 9.93. The van der Waals surface area contributed by atoms with E-state index < -0.39 is 106 Å². The lowest BCUT2D eigenvalue weighted by Crippen LogP contribution is -2.35. The number of hydrogen-bond acceptors (Lipinski definition) is 19. The molecule has 57 heavy (non-hydrogen) atoms. The molecule has 19 heteroatoms. The minimum Gasteiger partial charge on any atom is -0.481 e.